The van der Waals surface area contributed by atoms with Crippen molar-refractivity contribution in [2.75, 3.05) is 21.3 Å². The predicted molar refractivity (Wildman–Crippen MR) is 77.7 cm³/mol. The lowest BCUT2D eigenvalue weighted by molar-refractivity contribution is 0.265. The summed E-state index contributed by atoms with van der Waals surface area (Å²) >= 11 is 11.9. The highest BCUT2D eigenvalue weighted by Gasteiger charge is 2.64. The average molecular weight is 363 g/mol. The normalized spacial score (nSPS) is 15.7. The Morgan fingerprint density at radius 3 is 1.75 bits per heavy atom. The Bertz CT molecular complexity index is 528. The molecule has 1 aromatic carbocycles. The van der Waals surface area contributed by atoms with Gasteiger partial charge in [0.2, 0.25) is 0 Å². The third-order valence-electron chi connectivity index (χ3n) is 2.35. The first-order chi connectivity index (χ1) is 9.26. The average Bonchev–Trinajstić information content (AvgIpc) is 2.46. The third-order valence-corrected chi connectivity index (χ3v) is 9.51. The van der Waals surface area contributed by atoms with Crippen LogP contribution in [0.15, 0.2) is 30.3 Å². The van der Waals surface area contributed by atoms with Gasteiger partial charge in [-0.05, 0) is 12.1 Å². The fourth-order valence-electron chi connectivity index (χ4n) is 1.27. The lowest BCUT2D eigenvalue weighted by Crippen LogP contribution is -2.20. The molecule has 0 aliphatic heterocycles. The highest BCUT2D eigenvalue weighted by Crippen LogP contribution is 2.80. The standard InChI is InChI=1S/C10H14Cl2O6P2/c1-15-19(13,16-2)10(11,12)20(14,17-3)18-9-7-5-4-6-8-9/h4-8H,1-3H3. The lowest BCUT2D eigenvalue weighted by Gasteiger charge is -2.31. The molecule has 0 spiro atoms. The second kappa shape index (κ2) is 6.80. The van der Waals surface area contributed by atoms with E-state index >= 15 is 0 Å². The fourth-order valence-corrected chi connectivity index (χ4v) is 6.16. The molecule has 1 atom stereocenters. The van der Waals surface area contributed by atoms with Crippen molar-refractivity contribution >= 4 is 38.4 Å². The minimum atomic E-state index is -4.26. The maximum Gasteiger partial charge on any atom is 0.427 e. The number of benzene rings is 1. The van der Waals surface area contributed by atoms with Crippen molar-refractivity contribution in [3.05, 3.63) is 30.3 Å². The van der Waals surface area contributed by atoms with Crippen LogP contribution in [0.2, 0.25) is 0 Å². The summed E-state index contributed by atoms with van der Waals surface area (Å²) in [5, 5.41) is 0. The summed E-state index contributed by atoms with van der Waals surface area (Å²) in [6.07, 6.45) is 0. The van der Waals surface area contributed by atoms with Crippen LogP contribution in [0.4, 0.5) is 0 Å². The number of hydrogen-bond acceptors (Lipinski definition) is 6. The van der Waals surface area contributed by atoms with Crippen molar-refractivity contribution in [2.45, 2.75) is 3.82 Å². The molecule has 20 heavy (non-hydrogen) atoms. The van der Waals surface area contributed by atoms with Gasteiger partial charge in [0, 0.05) is 21.3 Å². The number of rotatable bonds is 7. The largest absolute Gasteiger partial charge is 0.427 e. The molecular weight excluding hydrogens is 349 g/mol. The second-order valence-electron chi connectivity index (χ2n) is 3.46. The summed E-state index contributed by atoms with van der Waals surface area (Å²) < 4.78 is 41.9. The van der Waals surface area contributed by atoms with Gasteiger partial charge in [-0.1, -0.05) is 41.4 Å². The minimum Gasteiger partial charge on any atom is -0.422 e. The zero-order valence-corrected chi connectivity index (χ0v) is 14.3. The van der Waals surface area contributed by atoms with Crippen molar-refractivity contribution < 1.29 is 27.2 Å². The van der Waals surface area contributed by atoms with Crippen molar-refractivity contribution in [1.82, 2.24) is 0 Å². The van der Waals surface area contributed by atoms with Gasteiger partial charge in [-0.3, -0.25) is 4.57 Å². The number of alkyl halides is 2. The van der Waals surface area contributed by atoms with Gasteiger partial charge in [0.05, 0.1) is 0 Å². The molecule has 0 aliphatic rings. The van der Waals surface area contributed by atoms with Gasteiger partial charge in [0.25, 0.3) is 0 Å². The van der Waals surface area contributed by atoms with Crippen molar-refractivity contribution in [1.29, 1.82) is 0 Å². The van der Waals surface area contributed by atoms with E-state index in [1.807, 2.05) is 0 Å². The highest BCUT2D eigenvalue weighted by atomic mass is 35.5. The topological polar surface area (TPSA) is 71.1 Å². The number of hydrogen-bond donors (Lipinski definition) is 0. The van der Waals surface area contributed by atoms with E-state index in [-0.39, 0.29) is 5.75 Å². The fraction of sp³-hybridized carbons (Fsp3) is 0.400. The van der Waals surface area contributed by atoms with Crippen LogP contribution in [0, 0.1) is 0 Å². The van der Waals surface area contributed by atoms with E-state index in [0.29, 0.717) is 0 Å². The van der Waals surface area contributed by atoms with Gasteiger partial charge in [0.15, 0.2) is 0 Å². The monoisotopic (exact) mass is 362 g/mol. The zero-order chi connectivity index (χ0) is 15.4. The van der Waals surface area contributed by atoms with Crippen LogP contribution in [0.1, 0.15) is 0 Å². The van der Waals surface area contributed by atoms with Gasteiger partial charge in [-0.15, -0.1) is 0 Å². The number of para-hydroxylation sites is 1. The summed E-state index contributed by atoms with van der Waals surface area (Å²) in [7, 11) is -5.21. The Kier molecular flexibility index (Phi) is 6.12. The first-order valence-corrected chi connectivity index (χ1v) is 9.10. The molecule has 0 bridgehead atoms. The SMILES string of the molecule is COP(=O)(OC)C(Cl)(Cl)P(=O)(OC)Oc1ccccc1. The van der Waals surface area contributed by atoms with Gasteiger partial charge < -0.3 is 18.1 Å². The molecule has 10 heteroatoms. The number of halogens is 2. The molecule has 0 aliphatic carbocycles. The minimum absolute atomic E-state index is 0.183. The van der Waals surface area contributed by atoms with E-state index in [0.717, 1.165) is 21.3 Å². The molecule has 0 aromatic heterocycles. The second-order valence-corrected chi connectivity index (χ2v) is 10.8. The van der Waals surface area contributed by atoms with Crippen molar-refractivity contribution in [3.63, 3.8) is 0 Å². The van der Waals surface area contributed by atoms with Gasteiger partial charge in [-0.25, -0.2) is 4.57 Å². The first kappa shape index (κ1) is 18.0. The van der Waals surface area contributed by atoms with E-state index < -0.39 is 19.0 Å². The molecule has 6 nitrogen and oxygen atoms in total. The van der Waals surface area contributed by atoms with Crippen LogP contribution in [0.3, 0.4) is 0 Å². The molecule has 0 N–H and O–H groups in total. The van der Waals surface area contributed by atoms with Crippen LogP contribution in [-0.2, 0) is 22.7 Å². The molecule has 0 saturated carbocycles. The maximum atomic E-state index is 12.7. The molecule has 0 heterocycles. The maximum absolute atomic E-state index is 12.7. The van der Waals surface area contributed by atoms with E-state index in [1.54, 1.807) is 18.2 Å². The quantitative estimate of drug-likeness (QED) is 0.526. The van der Waals surface area contributed by atoms with E-state index in [9.17, 15) is 9.13 Å². The Morgan fingerprint density at radius 1 is 0.900 bits per heavy atom. The molecule has 1 unspecified atom stereocenters. The Hall–Kier alpha value is -0.0600. The Labute approximate surface area is 127 Å². The molecular formula is C10H14Cl2O6P2. The molecule has 1 rings (SSSR count). The van der Waals surface area contributed by atoms with Crippen molar-refractivity contribution in [3.8, 4) is 5.75 Å². The van der Waals surface area contributed by atoms with Crippen LogP contribution in [0.5, 0.6) is 5.75 Å². The Morgan fingerprint density at radius 2 is 1.35 bits per heavy atom. The van der Waals surface area contributed by atoms with E-state index in [4.69, 9.17) is 32.2 Å². The van der Waals surface area contributed by atoms with Gasteiger partial charge >= 0.3 is 19.0 Å². The molecule has 1 aromatic rings. The van der Waals surface area contributed by atoms with E-state index in [2.05, 4.69) is 9.05 Å². The van der Waals surface area contributed by atoms with Crippen LogP contribution < -0.4 is 4.52 Å². The third kappa shape index (κ3) is 3.23. The Balaban J connectivity index is 3.22. The zero-order valence-electron chi connectivity index (χ0n) is 11.0. The summed E-state index contributed by atoms with van der Waals surface area (Å²) in [6, 6.07) is 8.05. The van der Waals surface area contributed by atoms with Crippen LogP contribution in [-0.4, -0.2) is 25.1 Å². The highest BCUT2D eigenvalue weighted by molar-refractivity contribution is 7.80. The summed E-state index contributed by atoms with van der Waals surface area (Å²) in [5.74, 6) is 0.183. The van der Waals surface area contributed by atoms with E-state index in [1.165, 1.54) is 12.1 Å². The summed E-state index contributed by atoms with van der Waals surface area (Å²) in [6.45, 7) is 0. The molecule has 0 fully saturated rings. The molecule has 114 valence electrons. The molecule has 0 radical (unpaired) electrons. The van der Waals surface area contributed by atoms with Crippen LogP contribution >= 0.6 is 38.4 Å². The predicted octanol–water partition coefficient (Wildman–Crippen LogP) is 4.48. The van der Waals surface area contributed by atoms with Crippen molar-refractivity contribution in [2.24, 2.45) is 0 Å². The molecule has 0 saturated heterocycles. The van der Waals surface area contributed by atoms with Gasteiger partial charge in [0.1, 0.15) is 5.75 Å². The van der Waals surface area contributed by atoms with Gasteiger partial charge in [-0.2, -0.15) is 0 Å². The summed E-state index contributed by atoms with van der Waals surface area (Å²) in [4.78, 5) is 0. The first-order valence-electron chi connectivity index (χ1n) is 5.26. The smallest absolute Gasteiger partial charge is 0.422 e. The molecule has 0 amide bonds. The van der Waals surface area contributed by atoms with Crippen LogP contribution in [0.25, 0.3) is 0 Å². The summed E-state index contributed by atoms with van der Waals surface area (Å²) in [5.41, 5.74) is 0. The lowest BCUT2D eigenvalue weighted by atomic mass is 10.3.